The fourth-order valence-corrected chi connectivity index (χ4v) is 2.84. The number of benzene rings is 2. The molecule has 0 fully saturated rings. The van der Waals surface area contributed by atoms with Gasteiger partial charge in [-0.2, -0.15) is 0 Å². The summed E-state index contributed by atoms with van der Waals surface area (Å²) in [5, 5.41) is 25.7. The number of nitrogens with zero attached hydrogens (tertiary/aromatic N) is 2. The highest BCUT2D eigenvalue weighted by Crippen LogP contribution is 2.13. The molecule has 0 amide bonds. The number of hydrogen-bond acceptors (Lipinski definition) is 6. The summed E-state index contributed by atoms with van der Waals surface area (Å²) in [4.78, 5) is 37.2. The van der Waals surface area contributed by atoms with Gasteiger partial charge in [-0.05, 0) is 53.1 Å². The van der Waals surface area contributed by atoms with Crippen LogP contribution < -0.4 is 31.2 Å². The van der Waals surface area contributed by atoms with Crippen molar-refractivity contribution < 1.29 is 19.8 Å². The first-order valence-corrected chi connectivity index (χ1v) is 8.54. The molecule has 0 saturated heterocycles. The SMILES string of the molecule is C=c1[nH]n(-c2cc(C(=O)[O-])cc(C(=O)[O-])c2)c(=O)/c1=C/c1ccc(N(C)C)cc1. The van der Waals surface area contributed by atoms with E-state index in [-0.39, 0.29) is 10.9 Å². The highest BCUT2D eigenvalue weighted by Gasteiger charge is 2.09. The van der Waals surface area contributed by atoms with E-state index in [2.05, 4.69) is 11.7 Å². The fourth-order valence-electron chi connectivity index (χ4n) is 2.84. The summed E-state index contributed by atoms with van der Waals surface area (Å²) in [5.74, 6) is -3.15. The molecule has 2 aromatic carbocycles. The van der Waals surface area contributed by atoms with Crippen molar-refractivity contribution >= 4 is 30.3 Å². The van der Waals surface area contributed by atoms with Crippen molar-refractivity contribution in [3.8, 4) is 5.69 Å². The first-order valence-electron chi connectivity index (χ1n) is 8.54. The molecule has 8 heteroatoms. The average molecular weight is 391 g/mol. The molecule has 0 saturated carbocycles. The minimum atomic E-state index is -1.57. The summed E-state index contributed by atoms with van der Waals surface area (Å²) in [6.07, 6.45) is 1.64. The summed E-state index contributed by atoms with van der Waals surface area (Å²) in [6.45, 7) is 3.81. The number of carboxylic acid groups (broad SMARTS) is 2. The molecular formula is C21H17N3O5-2. The summed E-state index contributed by atoms with van der Waals surface area (Å²) in [6, 6.07) is 10.7. The number of H-pyrrole nitrogens is 1. The zero-order valence-corrected chi connectivity index (χ0v) is 15.8. The van der Waals surface area contributed by atoms with E-state index in [1.54, 1.807) is 6.08 Å². The van der Waals surface area contributed by atoms with E-state index in [1.165, 1.54) is 0 Å². The van der Waals surface area contributed by atoms with Crippen LogP contribution in [-0.2, 0) is 0 Å². The molecule has 0 atom stereocenters. The Morgan fingerprint density at radius 3 is 2.07 bits per heavy atom. The molecule has 8 nitrogen and oxygen atoms in total. The number of aromatic nitrogens is 2. The van der Waals surface area contributed by atoms with Crippen LogP contribution in [0.1, 0.15) is 26.3 Å². The number of carboxylic acids is 2. The molecule has 0 aliphatic carbocycles. The lowest BCUT2D eigenvalue weighted by Gasteiger charge is -2.11. The smallest absolute Gasteiger partial charge is 0.279 e. The van der Waals surface area contributed by atoms with E-state index in [0.29, 0.717) is 5.35 Å². The third-order valence-corrected chi connectivity index (χ3v) is 4.37. The van der Waals surface area contributed by atoms with Crippen LogP contribution in [0.25, 0.3) is 18.3 Å². The van der Waals surface area contributed by atoms with Crippen LogP contribution in [0.5, 0.6) is 0 Å². The van der Waals surface area contributed by atoms with Crippen LogP contribution in [0.4, 0.5) is 5.69 Å². The van der Waals surface area contributed by atoms with Crippen molar-refractivity contribution in [1.82, 2.24) is 9.78 Å². The van der Waals surface area contributed by atoms with E-state index in [9.17, 15) is 24.6 Å². The second kappa shape index (κ2) is 7.51. The molecule has 1 heterocycles. The molecule has 29 heavy (non-hydrogen) atoms. The Kier molecular flexibility index (Phi) is 5.10. The second-order valence-corrected chi connectivity index (χ2v) is 6.62. The van der Waals surface area contributed by atoms with Gasteiger partial charge in [0.05, 0.1) is 28.2 Å². The van der Waals surface area contributed by atoms with Gasteiger partial charge in [-0.15, -0.1) is 0 Å². The lowest BCUT2D eigenvalue weighted by molar-refractivity contribution is -0.255. The summed E-state index contributed by atoms with van der Waals surface area (Å²) < 4.78 is 1.03. The van der Waals surface area contributed by atoms with Gasteiger partial charge in [0.1, 0.15) is 0 Å². The number of rotatable bonds is 5. The summed E-state index contributed by atoms with van der Waals surface area (Å²) in [5.41, 5.74) is 0.493. The fraction of sp³-hybridized carbons (Fsp3) is 0.0952. The molecule has 0 spiro atoms. The van der Waals surface area contributed by atoms with Gasteiger partial charge in [0.25, 0.3) is 5.56 Å². The third-order valence-electron chi connectivity index (χ3n) is 4.37. The normalized spacial score (nSPS) is 11.4. The van der Waals surface area contributed by atoms with Gasteiger partial charge in [0.15, 0.2) is 0 Å². The van der Waals surface area contributed by atoms with Gasteiger partial charge in [-0.25, -0.2) is 4.68 Å². The first kappa shape index (κ1) is 19.7. The number of carbonyl (C=O) groups is 2. The Labute approximate surface area is 165 Å². The zero-order chi connectivity index (χ0) is 21.3. The molecule has 0 aliphatic rings. The molecule has 0 bridgehead atoms. The molecule has 0 radical (unpaired) electrons. The number of carbonyl (C=O) groups excluding carboxylic acids is 2. The van der Waals surface area contributed by atoms with Gasteiger partial charge in [0.2, 0.25) is 0 Å². The Balaban J connectivity index is 2.16. The van der Waals surface area contributed by atoms with Crippen molar-refractivity contribution in [2.24, 2.45) is 0 Å². The molecule has 148 valence electrons. The van der Waals surface area contributed by atoms with Gasteiger partial charge in [-0.3, -0.25) is 9.89 Å². The van der Waals surface area contributed by atoms with Gasteiger partial charge in [-0.1, -0.05) is 18.7 Å². The maximum Gasteiger partial charge on any atom is 0.279 e. The van der Waals surface area contributed by atoms with Gasteiger partial charge >= 0.3 is 0 Å². The number of hydrogen-bond donors (Lipinski definition) is 1. The Morgan fingerprint density at radius 2 is 1.59 bits per heavy atom. The lowest BCUT2D eigenvalue weighted by Crippen LogP contribution is -2.34. The topological polar surface area (TPSA) is 121 Å². The summed E-state index contributed by atoms with van der Waals surface area (Å²) in [7, 11) is 3.83. The van der Waals surface area contributed by atoms with Crippen LogP contribution in [-0.4, -0.2) is 35.8 Å². The van der Waals surface area contributed by atoms with E-state index in [0.717, 1.165) is 34.1 Å². The molecular weight excluding hydrogens is 374 g/mol. The van der Waals surface area contributed by atoms with Crippen LogP contribution in [0.3, 0.4) is 0 Å². The van der Waals surface area contributed by atoms with Crippen molar-refractivity contribution in [1.29, 1.82) is 0 Å². The molecule has 1 aromatic heterocycles. The predicted molar refractivity (Wildman–Crippen MR) is 104 cm³/mol. The average Bonchev–Trinajstić information content (AvgIpc) is 2.96. The van der Waals surface area contributed by atoms with Crippen LogP contribution >= 0.6 is 0 Å². The van der Waals surface area contributed by atoms with Crippen molar-refractivity contribution in [2.75, 3.05) is 19.0 Å². The second-order valence-electron chi connectivity index (χ2n) is 6.62. The van der Waals surface area contributed by atoms with Crippen molar-refractivity contribution in [2.45, 2.75) is 0 Å². The highest BCUT2D eigenvalue weighted by molar-refractivity contribution is 5.93. The maximum absolute atomic E-state index is 12.9. The Hall–Kier alpha value is -4.07. The quantitative estimate of drug-likeness (QED) is 0.548. The summed E-state index contributed by atoms with van der Waals surface area (Å²) >= 11 is 0. The lowest BCUT2D eigenvalue weighted by atomic mass is 10.1. The molecule has 3 aromatic rings. The Bertz CT molecular complexity index is 1230. The highest BCUT2D eigenvalue weighted by atomic mass is 16.4. The van der Waals surface area contributed by atoms with Crippen LogP contribution in [0.15, 0.2) is 47.3 Å². The Morgan fingerprint density at radius 1 is 1.03 bits per heavy atom. The van der Waals surface area contributed by atoms with Gasteiger partial charge in [0, 0.05) is 19.8 Å². The largest absolute Gasteiger partial charge is 0.545 e. The molecule has 1 N–H and O–H groups in total. The van der Waals surface area contributed by atoms with Crippen molar-refractivity contribution in [3.63, 3.8) is 0 Å². The van der Waals surface area contributed by atoms with Crippen molar-refractivity contribution in [3.05, 3.63) is 80.1 Å². The predicted octanol–water partition coefficient (Wildman–Crippen LogP) is -1.80. The molecule has 0 aliphatic heterocycles. The number of anilines is 1. The van der Waals surface area contributed by atoms with Gasteiger partial charge < -0.3 is 24.7 Å². The number of nitrogens with one attached hydrogen (secondary N) is 1. The standard InChI is InChI=1S/C21H19N3O5/c1-12-18(8-13-4-6-16(7-5-13)23(2)3)19(25)24(22-12)17-10-14(20(26)27)9-15(11-17)21(28)29/h4-11,22H,1H2,2-3H3,(H,26,27)(H,28,29)/p-2/b18-8+. The van der Waals surface area contributed by atoms with Crippen LogP contribution in [0.2, 0.25) is 0 Å². The van der Waals surface area contributed by atoms with E-state index < -0.39 is 28.6 Å². The first-order chi connectivity index (χ1) is 13.7. The monoisotopic (exact) mass is 391 g/mol. The van der Waals surface area contributed by atoms with E-state index in [4.69, 9.17) is 0 Å². The van der Waals surface area contributed by atoms with E-state index >= 15 is 0 Å². The van der Waals surface area contributed by atoms with E-state index in [1.807, 2.05) is 43.3 Å². The minimum absolute atomic E-state index is 0.0170. The number of aromatic amines is 1. The minimum Gasteiger partial charge on any atom is -0.545 e. The maximum atomic E-state index is 12.9. The zero-order valence-electron chi connectivity index (χ0n) is 15.8. The molecule has 0 unspecified atom stereocenters. The number of aromatic carboxylic acids is 2. The van der Waals surface area contributed by atoms with Crippen LogP contribution in [0, 0.1) is 0 Å². The molecule has 3 rings (SSSR count). The third kappa shape index (κ3) is 3.96.